The molecule has 2 aromatic rings. The SMILES string of the molecule is CC(=O)c1c(C)nn(CC(=O)NCc2ccc3c(c2)CC(C)(C)O3)c1C. The number of benzene rings is 1. The van der Waals surface area contributed by atoms with Crippen molar-refractivity contribution in [1.82, 2.24) is 15.1 Å². The molecule has 0 bridgehead atoms. The molecule has 0 radical (unpaired) electrons. The number of nitrogens with zero attached hydrogens (tertiary/aromatic N) is 2. The van der Waals surface area contributed by atoms with Crippen molar-refractivity contribution >= 4 is 11.7 Å². The van der Waals surface area contributed by atoms with Crippen molar-refractivity contribution in [3.05, 3.63) is 46.3 Å². The standard InChI is InChI=1S/C20H25N3O3/c1-12-19(14(3)24)13(2)23(22-12)11-18(25)21-10-15-6-7-17-16(8-15)9-20(4,5)26-17/h6-8H,9-11H2,1-5H3,(H,21,25). The number of hydrogen-bond donors (Lipinski definition) is 1. The largest absolute Gasteiger partial charge is 0.487 e. The summed E-state index contributed by atoms with van der Waals surface area (Å²) in [6, 6.07) is 6.02. The van der Waals surface area contributed by atoms with Gasteiger partial charge in [-0.1, -0.05) is 12.1 Å². The number of carbonyl (C=O) groups excluding carboxylic acids is 2. The van der Waals surface area contributed by atoms with Crippen molar-refractivity contribution in [1.29, 1.82) is 0 Å². The monoisotopic (exact) mass is 355 g/mol. The van der Waals surface area contributed by atoms with Crippen molar-refractivity contribution < 1.29 is 14.3 Å². The zero-order chi connectivity index (χ0) is 19.1. The maximum absolute atomic E-state index is 12.3. The number of rotatable bonds is 5. The number of nitrogens with one attached hydrogen (secondary N) is 1. The van der Waals surface area contributed by atoms with Gasteiger partial charge in [-0.25, -0.2) is 0 Å². The van der Waals surface area contributed by atoms with E-state index in [0.29, 0.717) is 17.8 Å². The summed E-state index contributed by atoms with van der Waals surface area (Å²) in [4.78, 5) is 24.0. The Morgan fingerprint density at radius 2 is 2.04 bits per heavy atom. The van der Waals surface area contributed by atoms with Gasteiger partial charge in [0.2, 0.25) is 5.91 Å². The zero-order valence-corrected chi connectivity index (χ0v) is 16.0. The van der Waals surface area contributed by atoms with Gasteiger partial charge >= 0.3 is 0 Å². The quantitative estimate of drug-likeness (QED) is 0.837. The van der Waals surface area contributed by atoms with Crippen LogP contribution in [-0.4, -0.2) is 27.1 Å². The highest BCUT2D eigenvalue weighted by molar-refractivity contribution is 5.96. The maximum Gasteiger partial charge on any atom is 0.242 e. The molecule has 0 atom stereocenters. The van der Waals surface area contributed by atoms with Crippen LogP contribution < -0.4 is 10.1 Å². The molecule has 2 heterocycles. The number of carbonyl (C=O) groups is 2. The fourth-order valence-corrected chi connectivity index (χ4v) is 3.53. The second-order valence-corrected chi connectivity index (χ2v) is 7.52. The van der Waals surface area contributed by atoms with Crippen molar-refractivity contribution in [2.24, 2.45) is 0 Å². The van der Waals surface area contributed by atoms with Crippen LogP contribution in [0.3, 0.4) is 0 Å². The molecule has 0 aliphatic carbocycles. The molecule has 1 amide bonds. The molecule has 0 saturated carbocycles. The Labute approximate surface area is 153 Å². The number of amides is 1. The number of aryl methyl sites for hydroxylation is 1. The predicted molar refractivity (Wildman–Crippen MR) is 98.4 cm³/mol. The Balaban J connectivity index is 1.62. The van der Waals surface area contributed by atoms with E-state index in [2.05, 4.69) is 30.3 Å². The highest BCUT2D eigenvalue weighted by Crippen LogP contribution is 2.35. The molecule has 1 aliphatic rings. The van der Waals surface area contributed by atoms with Gasteiger partial charge in [0.1, 0.15) is 17.9 Å². The van der Waals surface area contributed by atoms with E-state index < -0.39 is 0 Å². The summed E-state index contributed by atoms with van der Waals surface area (Å²) in [6.45, 7) is 9.79. The third kappa shape index (κ3) is 3.64. The first-order valence-corrected chi connectivity index (χ1v) is 8.79. The van der Waals surface area contributed by atoms with Gasteiger partial charge < -0.3 is 10.1 Å². The van der Waals surface area contributed by atoms with Gasteiger partial charge in [-0.15, -0.1) is 0 Å². The molecule has 1 aromatic carbocycles. The van der Waals surface area contributed by atoms with Crippen LogP contribution in [0.2, 0.25) is 0 Å². The molecule has 6 nitrogen and oxygen atoms in total. The van der Waals surface area contributed by atoms with E-state index in [1.54, 1.807) is 11.6 Å². The van der Waals surface area contributed by atoms with Crippen LogP contribution >= 0.6 is 0 Å². The van der Waals surface area contributed by atoms with Crippen LogP contribution in [0.5, 0.6) is 5.75 Å². The van der Waals surface area contributed by atoms with E-state index in [1.807, 2.05) is 19.1 Å². The van der Waals surface area contributed by atoms with Crippen molar-refractivity contribution in [3.63, 3.8) is 0 Å². The lowest BCUT2D eigenvalue weighted by Gasteiger charge is -2.16. The van der Waals surface area contributed by atoms with Gasteiger partial charge in [0.05, 0.1) is 11.3 Å². The summed E-state index contributed by atoms with van der Waals surface area (Å²) in [5.74, 6) is 0.752. The minimum atomic E-state index is -0.173. The van der Waals surface area contributed by atoms with Crippen LogP contribution in [0.1, 0.15) is 53.6 Å². The molecule has 26 heavy (non-hydrogen) atoms. The van der Waals surface area contributed by atoms with Crippen LogP contribution in [0.15, 0.2) is 18.2 Å². The normalized spacial score (nSPS) is 14.7. The number of ether oxygens (including phenoxy) is 1. The third-order valence-electron chi connectivity index (χ3n) is 4.64. The number of Topliss-reactive ketones (excluding diaryl/α,β-unsaturated/α-hetero) is 1. The second-order valence-electron chi connectivity index (χ2n) is 7.52. The molecule has 0 spiro atoms. The minimum absolute atomic E-state index is 0.0325. The molecule has 1 aromatic heterocycles. The van der Waals surface area contributed by atoms with Crippen LogP contribution in [0.25, 0.3) is 0 Å². The number of fused-ring (bicyclic) bond motifs is 1. The van der Waals surface area contributed by atoms with Gasteiger partial charge in [0, 0.05) is 18.7 Å². The van der Waals surface area contributed by atoms with Gasteiger partial charge in [0.25, 0.3) is 0 Å². The van der Waals surface area contributed by atoms with Crippen molar-refractivity contribution in [2.75, 3.05) is 0 Å². The molecule has 0 unspecified atom stereocenters. The van der Waals surface area contributed by atoms with Crippen LogP contribution in [0.4, 0.5) is 0 Å². The Morgan fingerprint density at radius 3 is 2.69 bits per heavy atom. The molecule has 6 heteroatoms. The van der Waals surface area contributed by atoms with Crippen LogP contribution in [-0.2, 0) is 24.3 Å². The topological polar surface area (TPSA) is 73.2 Å². The first-order valence-electron chi connectivity index (χ1n) is 8.79. The van der Waals surface area contributed by atoms with E-state index in [9.17, 15) is 9.59 Å². The fraction of sp³-hybridized carbons (Fsp3) is 0.450. The molecular formula is C20H25N3O3. The van der Waals surface area contributed by atoms with Gasteiger partial charge in [-0.2, -0.15) is 5.10 Å². The van der Waals surface area contributed by atoms with Crippen molar-refractivity contribution in [2.45, 2.75) is 59.7 Å². The molecule has 1 N–H and O–H groups in total. The molecule has 0 fully saturated rings. The minimum Gasteiger partial charge on any atom is -0.487 e. The average molecular weight is 355 g/mol. The first kappa shape index (κ1) is 18.2. The van der Waals surface area contributed by atoms with E-state index in [-0.39, 0.29) is 23.8 Å². The third-order valence-corrected chi connectivity index (χ3v) is 4.64. The molecule has 3 rings (SSSR count). The lowest BCUT2D eigenvalue weighted by molar-refractivity contribution is -0.122. The van der Waals surface area contributed by atoms with Gasteiger partial charge in [-0.05, 0) is 51.8 Å². The maximum atomic E-state index is 12.3. The van der Waals surface area contributed by atoms with Gasteiger partial charge in [-0.3, -0.25) is 14.3 Å². The smallest absolute Gasteiger partial charge is 0.242 e. The van der Waals surface area contributed by atoms with E-state index in [4.69, 9.17) is 4.74 Å². The summed E-state index contributed by atoms with van der Waals surface area (Å²) in [7, 11) is 0. The fourth-order valence-electron chi connectivity index (χ4n) is 3.53. The number of aromatic nitrogens is 2. The summed E-state index contributed by atoms with van der Waals surface area (Å²) in [6.07, 6.45) is 0.865. The lowest BCUT2D eigenvalue weighted by Crippen LogP contribution is -2.28. The Morgan fingerprint density at radius 1 is 1.31 bits per heavy atom. The molecule has 138 valence electrons. The summed E-state index contributed by atoms with van der Waals surface area (Å²) in [5, 5.41) is 7.23. The van der Waals surface area contributed by atoms with E-state index in [0.717, 1.165) is 23.4 Å². The number of ketones is 1. The Bertz CT molecular complexity index is 881. The van der Waals surface area contributed by atoms with Crippen LogP contribution in [0, 0.1) is 13.8 Å². The lowest BCUT2D eigenvalue weighted by atomic mass is 10.0. The average Bonchev–Trinajstić information content (AvgIpc) is 2.98. The Hall–Kier alpha value is -2.63. The summed E-state index contributed by atoms with van der Waals surface area (Å²) < 4.78 is 7.46. The highest BCUT2D eigenvalue weighted by Gasteiger charge is 2.29. The molecular weight excluding hydrogens is 330 g/mol. The van der Waals surface area contributed by atoms with Gasteiger partial charge in [0.15, 0.2) is 5.78 Å². The summed E-state index contributed by atoms with van der Waals surface area (Å²) >= 11 is 0. The van der Waals surface area contributed by atoms with E-state index >= 15 is 0 Å². The zero-order valence-electron chi connectivity index (χ0n) is 16.0. The summed E-state index contributed by atoms with van der Waals surface area (Å²) in [5.41, 5.74) is 4.02. The van der Waals surface area contributed by atoms with E-state index in [1.165, 1.54) is 12.5 Å². The second kappa shape index (κ2) is 6.59. The first-order chi connectivity index (χ1) is 12.2. The Kier molecular flexibility index (Phi) is 4.61. The molecule has 1 aliphatic heterocycles. The predicted octanol–water partition coefficient (Wildman–Crippen LogP) is 2.73. The van der Waals surface area contributed by atoms with Crippen molar-refractivity contribution in [3.8, 4) is 5.75 Å². The molecule has 0 saturated heterocycles. The highest BCUT2D eigenvalue weighted by atomic mass is 16.5. The number of hydrogen-bond acceptors (Lipinski definition) is 4.